The second kappa shape index (κ2) is 6.28. The molecule has 0 fully saturated rings. The van der Waals surface area contributed by atoms with Gasteiger partial charge in [-0.3, -0.25) is 14.8 Å². The summed E-state index contributed by atoms with van der Waals surface area (Å²) < 4.78 is 0. The fraction of sp³-hybridized carbons (Fsp3) is 0.0625. The molecule has 0 radical (unpaired) electrons. The van der Waals surface area contributed by atoms with E-state index in [9.17, 15) is 4.79 Å². The van der Waals surface area contributed by atoms with Gasteiger partial charge in [-0.2, -0.15) is 0 Å². The largest absolute Gasteiger partial charge is 0.348 e. The lowest BCUT2D eigenvalue weighted by molar-refractivity contribution is 0.0951. The average Bonchev–Trinajstić information content (AvgIpc) is 3.08. The molecule has 5 heteroatoms. The van der Waals surface area contributed by atoms with Gasteiger partial charge in [-0.15, -0.1) is 11.3 Å². The van der Waals surface area contributed by atoms with E-state index in [4.69, 9.17) is 0 Å². The van der Waals surface area contributed by atoms with Gasteiger partial charge in [0, 0.05) is 30.7 Å². The lowest BCUT2D eigenvalue weighted by Crippen LogP contribution is -2.22. The number of aromatic nitrogens is 2. The molecule has 0 aliphatic carbocycles. The molecule has 1 N–H and O–H groups in total. The van der Waals surface area contributed by atoms with E-state index in [1.165, 1.54) is 0 Å². The van der Waals surface area contributed by atoms with Crippen molar-refractivity contribution in [2.75, 3.05) is 0 Å². The number of carbonyl (C=O) groups excluding carboxylic acids is 1. The molecule has 4 nitrogen and oxygen atoms in total. The first kappa shape index (κ1) is 13.5. The Labute approximate surface area is 126 Å². The van der Waals surface area contributed by atoms with Crippen LogP contribution in [-0.4, -0.2) is 15.9 Å². The maximum atomic E-state index is 12.2. The smallest absolute Gasteiger partial charge is 0.251 e. The minimum absolute atomic E-state index is 0.112. The van der Waals surface area contributed by atoms with Crippen LogP contribution in [0.15, 0.2) is 60.4 Å². The number of rotatable bonds is 4. The SMILES string of the molecule is O=C(NCc1cccnc1)c1ccnc(-c2cccs2)c1. The molecule has 104 valence electrons. The number of nitrogens with one attached hydrogen (secondary N) is 1. The Balaban J connectivity index is 1.72. The van der Waals surface area contributed by atoms with Crippen molar-refractivity contribution in [3.05, 3.63) is 71.5 Å². The predicted octanol–water partition coefficient (Wildman–Crippen LogP) is 3.14. The lowest BCUT2D eigenvalue weighted by Gasteiger charge is -2.06. The zero-order valence-corrected chi connectivity index (χ0v) is 12.0. The van der Waals surface area contributed by atoms with Crippen LogP contribution in [0.3, 0.4) is 0 Å². The number of thiophene rings is 1. The number of nitrogens with zero attached hydrogens (tertiary/aromatic N) is 2. The molecule has 0 saturated heterocycles. The molecular weight excluding hydrogens is 282 g/mol. The van der Waals surface area contributed by atoms with E-state index in [0.717, 1.165) is 16.1 Å². The fourth-order valence-corrected chi connectivity index (χ4v) is 2.61. The standard InChI is InChI=1S/C16H13N3OS/c20-16(19-11-12-3-1-6-17-10-12)13-5-7-18-14(9-13)15-4-2-8-21-15/h1-10H,11H2,(H,19,20). The van der Waals surface area contributed by atoms with Crippen LogP contribution in [-0.2, 0) is 6.54 Å². The van der Waals surface area contributed by atoms with E-state index in [1.807, 2.05) is 35.7 Å². The highest BCUT2D eigenvalue weighted by Gasteiger charge is 2.08. The third-order valence-corrected chi connectivity index (χ3v) is 3.86. The summed E-state index contributed by atoms with van der Waals surface area (Å²) in [6.07, 6.45) is 5.11. The topological polar surface area (TPSA) is 54.9 Å². The van der Waals surface area contributed by atoms with Gasteiger partial charge in [-0.25, -0.2) is 0 Å². The van der Waals surface area contributed by atoms with E-state index in [2.05, 4.69) is 15.3 Å². The maximum Gasteiger partial charge on any atom is 0.251 e. The minimum atomic E-state index is -0.112. The van der Waals surface area contributed by atoms with Crippen LogP contribution in [0.5, 0.6) is 0 Å². The Kier molecular flexibility index (Phi) is 4.02. The quantitative estimate of drug-likeness (QED) is 0.804. The van der Waals surface area contributed by atoms with Gasteiger partial charge in [0.2, 0.25) is 0 Å². The Morgan fingerprint density at radius 1 is 1.19 bits per heavy atom. The molecular formula is C16H13N3OS. The summed E-state index contributed by atoms with van der Waals surface area (Å²) in [6, 6.07) is 11.3. The highest BCUT2D eigenvalue weighted by atomic mass is 32.1. The summed E-state index contributed by atoms with van der Waals surface area (Å²) in [5.74, 6) is -0.112. The van der Waals surface area contributed by atoms with Crippen molar-refractivity contribution in [3.63, 3.8) is 0 Å². The van der Waals surface area contributed by atoms with Crippen molar-refractivity contribution < 1.29 is 4.79 Å². The normalized spacial score (nSPS) is 10.3. The Hall–Kier alpha value is -2.53. The highest BCUT2D eigenvalue weighted by Crippen LogP contribution is 2.22. The van der Waals surface area contributed by atoms with Gasteiger partial charge < -0.3 is 5.32 Å². The summed E-state index contributed by atoms with van der Waals surface area (Å²) in [5, 5.41) is 4.88. The summed E-state index contributed by atoms with van der Waals surface area (Å²) >= 11 is 1.60. The molecule has 0 saturated carbocycles. The Morgan fingerprint density at radius 3 is 2.90 bits per heavy atom. The first-order valence-electron chi connectivity index (χ1n) is 6.50. The zero-order chi connectivity index (χ0) is 14.5. The van der Waals surface area contributed by atoms with E-state index < -0.39 is 0 Å². The molecule has 0 aliphatic heterocycles. The van der Waals surface area contributed by atoms with Crippen LogP contribution in [0.1, 0.15) is 15.9 Å². The molecule has 0 bridgehead atoms. The van der Waals surface area contributed by atoms with Gasteiger partial charge in [-0.1, -0.05) is 12.1 Å². The van der Waals surface area contributed by atoms with Crippen LogP contribution in [0.2, 0.25) is 0 Å². The molecule has 0 aliphatic rings. The predicted molar refractivity (Wildman–Crippen MR) is 83.0 cm³/mol. The summed E-state index contributed by atoms with van der Waals surface area (Å²) in [6.45, 7) is 0.462. The third-order valence-electron chi connectivity index (χ3n) is 2.97. The van der Waals surface area contributed by atoms with Crippen molar-refractivity contribution in [1.82, 2.24) is 15.3 Å². The van der Waals surface area contributed by atoms with Gasteiger partial charge in [-0.05, 0) is 35.2 Å². The van der Waals surface area contributed by atoms with Crippen LogP contribution >= 0.6 is 11.3 Å². The molecule has 0 aromatic carbocycles. The van der Waals surface area contributed by atoms with Crippen LogP contribution in [0.4, 0.5) is 0 Å². The molecule has 0 spiro atoms. The van der Waals surface area contributed by atoms with Crippen LogP contribution in [0.25, 0.3) is 10.6 Å². The third kappa shape index (κ3) is 3.32. The molecule has 0 atom stereocenters. The Bertz CT molecular complexity index is 726. The van der Waals surface area contributed by atoms with Crippen molar-refractivity contribution in [2.24, 2.45) is 0 Å². The van der Waals surface area contributed by atoms with Crippen LogP contribution in [0, 0.1) is 0 Å². The van der Waals surface area contributed by atoms with Crippen LogP contribution < -0.4 is 5.32 Å². The second-order valence-corrected chi connectivity index (χ2v) is 5.40. The second-order valence-electron chi connectivity index (χ2n) is 4.45. The van der Waals surface area contributed by atoms with Gasteiger partial charge in [0.1, 0.15) is 0 Å². The molecule has 0 unspecified atom stereocenters. The lowest BCUT2D eigenvalue weighted by atomic mass is 10.2. The first-order chi connectivity index (χ1) is 10.3. The van der Waals surface area contributed by atoms with Crippen molar-refractivity contribution in [1.29, 1.82) is 0 Å². The first-order valence-corrected chi connectivity index (χ1v) is 7.38. The van der Waals surface area contributed by atoms with E-state index >= 15 is 0 Å². The zero-order valence-electron chi connectivity index (χ0n) is 11.2. The van der Waals surface area contributed by atoms with Gasteiger partial charge in [0.15, 0.2) is 0 Å². The number of amides is 1. The maximum absolute atomic E-state index is 12.2. The van der Waals surface area contributed by atoms with Gasteiger partial charge in [0.05, 0.1) is 10.6 Å². The monoisotopic (exact) mass is 295 g/mol. The van der Waals surface area contributed by atoms with Crippen molar-refractivity contribution in [2.45, 2.75) is 6.54 Å². The van der Waals surface area contributed by atoms with E-state index in [-0.39, 0.29) is 5.91 Å². The number of pyridine rings is 2. The Morgan fingerprint density at radius 2 is 2.14 bits per heavy atom. The summed E-state index contributed by atoms with van der Waals surface area (Å²) in [5.41, 5.74) is 2.40. The minimum Gasteiger partial charge on any atom is -0.348 e. The summed E-state index contributed by atoms with van der Waals surface area (Å²) in [7, 11) is 0. The van der Waals surface area contributed by atoms with E-state index in [0.29, 0.717) is 12.1 Å². The van der Waals surface area contributed by atoms with E-state index in [1.54, 1.807) is 36.0 Å². The fourth-order valence-electron chi connectivity index (χ4n) is 1.92. The number of hydrogen-bond acceptors (Lipinski definition) is 4. The van der Waals surface area contributed by atoms with Crippen molar-refractivity contribution in [3.8, 4) is 10.6 Å². The molecule has 1 amide bonds. The molecule has 3 aromatic heterocycles. The molecule has 3 heterocycles. The molecule has 3 aromatic rings. The highest BCUT2D eigenvalue weighted by molar-refractivity contribution is 7.13. The van der Waals surface area contributed by atoms with Gasteiger partial charge in [0.25, 0.3) is 5.91 Å². The number of carbonyl (C=O) groups is 1. The molecule has 3 rings (SSSR count). The summed E-state index contributed by atoms with van der Waals surface area (Å²) in [4.78, 5) is 21.6. The average molecular weight is 295 g/mol. The molecule has 21 heavy (non-hydrogen) atoms. The van der Waals surface area contributed by atoms with Gasteiger partial charge >= 0.3 is 0 Å². The van der Waals surface area contributed by atoms with Crippen molar-refractivity contribution >= 4 is 17.2 Å². The number of hydrogen-bond donors (Lipinski definition) is 1.